The molecule has 0 bridgehead atoms. The van der Waals surface area contributed by atoms with Gasteiger partial charge in [0.1, 0.15) is 5.82 Å². The van der Waals surface area contributed by atoms with Crippen molar-refractivity contribution in [3.05, 3.63) is 5.82 Å². The molecule has 0 aliphatic heterocycles. The summed E-state index contributed by atoms with van der Waals surface area (Å²) < 4.78 is 0. The number of aromatic nitrogens is 3. The fraction of sp³-hybridized carbons (Fsp3) is 0.667. The molecule has 0 saturated carbocycles. The molecule has 0 fully saturated rings. The standard InChI is InChI=1S/C9H16N4OS/c1-4-13(5-2)8(14)6-15-9-10-7(3)11-12-9/h4-6H2,1-3H3,(H,10,11,12). The summed E-state index contributed by atoms with van der Waals surface area (Å²) in [5.41, 5.74) is 0. The molecule has 0 aliphatic rings. The Morgan fingerprint density at radius 1 is 1.47 bits per heavy atom. The number of amides is 1. The van der Waals surface area contributed by atoms with Gasteiger partial charge in [0, 0.05) is 13.1 Å². The third-order valence-electron chi connectivity index (χ3n) is 2.02. The van der Waals surface area contributed by atoms with Gasteiger partial charge in [0.15, 0.2) is 0 Å². The molecule has 0 aliphatic carbocycles. The van der Waals surface area contributed by atoms with E-state index in [2.05, 4.69) is 15.2 Å². The summed E-state index contributed by atoms with van der Waals surface area (Å²) in [6.07, 6.45) is 0. The highest BCUT2D eigenvalue weighted by molar-refractivity contribution is 7.99. The van der Waals surface area contributed by atoms with E-state index in [9.17, 15) is 4.79 Å². The monoisotopic (exact) mass is 228 g/mol. The van der Waals surface area contributed by atoms with Crippen LogP contribution in [0.4, 0.5) is 0 Å². The number of aromatic amines is 1. The topological polar surface area (TPSA) is 61.9 Å². The maximum absolute atomic E-state index is 11.6. The smallest absolute Gasteiger partial charge is 0.233 e. The van der Waals surface area contributed by atoms with E-state index in [0.717, 1.165) is 18.9 Å². The molecule has 6 heteroatoms. The molecule has 0 aromatic carbocycles. The molecular formula is C9H16N4OS. The number of nitrogens with zero attached hydrogens (tertiary/aromatic N) is 3. The zero-order valence-corrected chi connectivity index (χ0v) is 10.1. The van der Waals surface area contributed by atoms with Crippen LogP contribution in [-0.2, 0) is 4.79 Å². The lowest BCUT2D eigenvalue weighted by Gasteiger charge is -2.17. The molecule has 1 aromatic heterocycles. The van der Waals surface area contributed by atoms with Crippen LogP contribution >= 0.6 is 11.8 Å². The van der Waals surface area contributed by atoms with Crippen molar-refractivity contribution in [1.29, 1.82) is 0 Å². The third kappa shape index (κ3) is 3.54. The molecule has 0 radical (unpaired) electrons. The van der Waals surface area contributed by atoms with Crippen LogP contribution in [0.5, 0.6) is 0 Å². The van der Waals surface area contributed by atoms with Crippen molar-refractivity contribution in [3.63, 3.8) is 0 Å². The van der Waals surface area contributed by atoms with Gasteiger partial charge in [-0.1, -0.05) is 11.8 Å². The van der Waals surface area contributed by atoms with Gasteiger partial charge in [-0.2, -0.15) is 0 Å². The van der Waals surface area contributed by atoms with E-state index >= 15 is 0 Å². The lowest BCUT2D eigenvalue weighted by atomic mass is 10.5. The quantitative estimate of drug-likeness (QED) is 0.766. The highest BCUT2D eigenvalue weighted by Crippen LogP contribution is 2.12. The Bertz CT molecular complexity index is 322. The van der Waals surface area contributed by atoms with Gasteiger partial charge in [-0.15, -0.1) is 5.10 Å². The van der Waals surface area contributed by atoms with Gasteiger partial charge in [0.05, 0.1) is 5.75 Å². The number of hydrogen-bond donors (Lipinski definition) is 1. The Balaban J connectivity index is 2.40. The summed E-state index contributed by atoms with van der Waals surface area (Å²) in [7, 11) is 0. The Labute approximate surface area is 93.6 Å². The van der Waals surface area contributed by atoms with Crippen molar-refractivity contribution < 1.29 is 4.79 Å². The zero-order chi connectivity index (χ0) is 11.3. The van der Waals surface area contributed by atoms with E-state index < -0.39 is 0 Å². The first-order chi connectivity index (χ1) is 7.17. The van der Waals surface area contributed by atoms with Crippen LogP contribution in [0.1, 0.15) is 19.7 Å². The fourth-order valence-corrected chi connectivity index (χ4v) is 1.93. The van der Waals surface area contributed by atoms with Gasteiger partial charge < -0.3 is 4.90 Å². The second-order valence-electron chi connectivity index (χ2n) is 3.06. The summed E-state index contributed by atoms with van der Waals surface area (Å²) in [6.45, 7) is 7.29. The minimum atomic E-state index is 0.132. The van der Waals surface area contributed by atoms with Crippen LogP contribution in [0, 0.1) is 6.92 Å². The molecular weight excluding hydrogens is 212 g/mol. The maximum atomic E-state index is 11.6. The summed E-state index contributed by atoms with van der Waals surface area (Å²) in [5.74, 6) is 1.30. The highest BCUT2D eigenvalue weighted by Gasteiger charge is 2.11. The van der Waals surface area contributed by atoms with Crippen LogP contribution in [-0.4, -0.2) is 44.8 Å². The molecule has 0 unspecified atom stereocenters. The number of nitrogens with one attached hydrogen (secondary N) is 1. The first-order valence-corrected chi connectivity index (χ1v) is 5.95. The van der Waals surface area contributed by atoms with E-state index in [0.29, 0.717) is 10.9 Å². The largest absolute Gasteiger partial charge is 0.343 e. The number of thioether (sulfide) groups is 1. The van der Waals surface area contributed by atoms with E-state index in [4.69, 9.17) is 0 Å². The lowest BCUT2D eigenvalue weighted by molar-refractivity contribution is -0.127. The van der Waals surface area contributed by atoms with Gasteiger partial charge in [-0.3, -0.25) is 9.89 Å². The molecule has 5 nitrogen and oxygen atoms in total. The molecule has 1 rings (SSSR count). The number of carbonyl (C=O) groups is 1. The maximum Gasteiger partial charge on any atom is 0.233 e. The normalized spacial score (nSPS) is 10.3. The second kappa shape index (κ2) is 5.75. The second-order valence-corrected chi connectivity index (χ2v) is 4.00. The van der Waals surface area contributed by atoms with Gasteiger partial charge in [0.2, 0.25) is 11.1 Å². The molecule has 1 amide bonds. The molecule has 15 heavy (non-hydrogen) atoms. The van der Waals surface area contributed by atoms with Crippen molar-refractivity contribution in [1.82, 2.24) is 20.1 Å². The lowest BCUT2D eigenvalue weighted by Crippen LogP contribution is -2.31. The Kier molecular flexibility index (Phi) is 4.61. The van der Waals surface area contributed by atoms with Crippen LogP contribution < -0.4 is 0 Å². The van der Waals surface area contributed by atoms with Crippen molar-refractivity contribution in [3.8, 4) is 0 Å². The van der Waals surface area contributed by atoms with Gasteiger partial charge in [-0.05, 0) is 20.8 Å². The summed E-state index contributed by atoms with van der Waals surface area (Å²) in [5, 5.41) is 7.33. The molecule has 0 saturated heterocycles. The SMILES string of the molecule is CCN(CC)C(=O)CSc1n[nH]c(C)n1. The summed E-state index contributed by atoms with van der Waals surface area (Å²) in [6, 6.07) is 0. The molecule has 1 N–H and O–H groups in total. The minimum Gasteiger partial charge on any atom is -0.343 e. The van der Waals surface area contributed by atoms with Crippen LogP contribution in [0.15, 0.2) is 5.16 Å². The van der Waals surface area contributed by atoms with E-state index in [1.165, 1.54) is 11.8 Å². The van der Waals surface area contributed by atoms with Gasteiger partial charge in [0.25, 0.3) is 0 Å². The number of hydrogen-bond acceptors (Lipinski definition) is 4. The first-order valence-electron chi connectivity index (χ1n) is 4.97. The average molecular weight is 228 g/mol. The molecule has 0 atom stereocenters. The molecule has 84 valence electrons. The first kappa shape index (κ1) is 12.0. The van der Waals surface area contributed by atoms with Gasteiger partial charge in [-0.25, -0.2) is 4.98 Å². The predicted octanol–water partition coefficient (Wildman–Crippen LogP) is 1.07. The van der Waals surface area contributed by atoms with Crippen molar-refractivity contribution in [2.24, 2.45) is 0 Å². The molecule has 0 spiro atoms. The van der Waals surface area contributed by atoms with Crippen LogP contribution in [0.3, 0.4) is 0 Å². The summed E-state index contributed by atoms with van der Waals surface area (Å²) >= 11 is 1.36. The number of aryl methyl sites for hydroxylation is 1. The molecule has 1 heterocycles. The number of rotatable bonds is 5. The minimum absolute atomic E-state index is 0.132. The Morgan fingerprint density at radius 3 is 2.60 bits per heavy atom. The van der Waals surface area contributed by atoms with Crippen LogP contribution in [0.2, 0.25) is 0 Å². The van der Waals surface area contributed by atoms with Crippen molar-refractivity contribution in [2.75, 3.05) is 18.8 Å². The van der Waals surface area contributed by atoms with Gasteiger partial charge >= 0.3 is 0 Å². The number of carbonyl (C=O) groups excluding carboxylic acids is 1. The van der Waals surface area contributed by atoms with E-state index in [1.54, 1.807) is 4.90 Å². The Morgan fingerprint density at radius 2 is 2.13 bits per heavy atom. The predicted molar refractivity (Wildman–Crippen MR) is 59.8 cm³/mol. The highest BCUT2D eigenvalue weighted by atomic mass is 32.2. The zero-order valence-electron chi connectivity index (χ0n) is 9.28. The summed E-state index contributed by atoms with van der Waals surface area (Å²) in [4.78, 5) is 17.5. The van der Waals surface area contributed by atoms with Crippen molar-refractivity contribution >= 4 is 17.7 Å². The van der Waals surface area contributed by atoms with Crippen molar-refractivity contribution in [2.45, 2.75) is 25.9 Å². The van der Waals surface area contributed by atoms with Crippen LogP contribution in [0.25, 0.3) is 0 Å². The third-order valence-corrected chi connectivity index (χ3v) is 2.85. The van der Waals surface area contributed by atoms with E-state index in [1.807, 2.05) is 20.8 Å². The fourth-order valence-electron chi connectivity index (χ4n) is 1.18. The molecule has 1 aromatic rings. The Hall–Kier alpha value is -1.04. The van der Waals surface area contributed by atoms with E-state index in [-0.39, 0.29) is 5.91 Å². The number of H-pyrrole nitrogens is 1. The average Bonchev–Trinajstić information content (AvgIpc) is 2.63.